The van der Waals surface area contributed by atoms with Crippen molar-refractivity contribution in [3.8, 4) is 0 Å². The molecule has 1 aromatic carbocycles. The van der Waals surface area contributed by atoms with Gasteiger partial charge in [0.05, 0.1) is 5.52 Å². The first kappa shape index (κ1) is 9.58. The molecule has 0 amide bonds. The minimum Gasteiger partial charge on any atom is -0.398 e. The lowest BCUT2D eigenvalue weighted by atomic mass is 10.1. The molecule has 0 radical (unpaired) electrons. The number of halogens is 1. The van der Waals surface area contributed by atoms with Crippen LogP contribution in [-0.4, -0.2) is 4.98 Å². The number of aromatic nitrogens is 1. The van der Waals surface area contributed by atoms with Gasteiger partial charge in [0.25, 0.3) is 0 Å². The van der Waals surface area contributed by atoms with E-state index in [2.05, 4.69) is 4.98 Å². The number of aryl methyl sites for hydroxylation is 1. The number of hydrogen-bond donors (Lipinski definition) is 1. The third-order valence-electron chi connectivity index (χ3n) is 3.14. The van der Waals surface area contributed by atoms with Crippen molar-refractivity contribution < 1.29 is 4.39 Å². The maximum atomic E-state index is 13.4. The van der Waals surface area contributed by atoms with E-state index < -0.39 is 0 Å². The van der Waals surface area contributed by atoms with Crippen molar-refractivity contribution in [2.75, 3.05) is 5.73 Å². The summed E-state index contributed by atoms with van der Waals surface area (Å²) in [5.74, 6) is 0.323. The topological polar surface area (TPSA) is 38.9 Å². The maximum Gasteiger partial charge on any atom is 0.128 e. The van der Waals surface area contributed by atoms with Gasteiger partial charge in [-0.05, 0) is 37.5 Å². The van der Waals surface area contributed by atoms with Gasteiger partial charge in [0.1, 0.15) is 5.82 Å². The van der Waals surface area contributed by atoms with E-state index in [9.17, 15) is 4.39 Å². The Hall–Kier alpha value is -1.64. The Labute approximate surface area is 93.3 Å². The molecule has 2 nitrogen and oxygen atoms in total. The number of benzene rings is 1. The van der Waals surface area contributed by atoms with Crippen molar-refractivity contribution in [1.82, 2.24) is 4.98 Å². The monoisotopic (exact) mass is 216 g/mol. The zero-order valence-corrected chi connectivity index (χ0v) is 9.13. The fourth-order valence-electron chi connectivity index (χ4n) is 1.99. The van der Waals surface area contributed by atoms with Gasteiger partial charge in [-0.1, -0.05) is 0 Å². The van der Waals surface area contributed by atoms with E-state index in [1.807, 2.05) is 6.07 Å². The van der Waals surface area contributed by atoms with Gasteiger partial charge in [0.15, 0.2) is 0 Å². The summed E-state index contributed by atoms with van der Waals surface area (Å²) in [4.78, 5) is 4.48. The molecule has 3 heteroatoms. The van der Waals surface area contributed by atoms with Crippen molar-refractivity contribution in [3.63, 3.8) is 0 Å². The number of hydrogen-bond acceptors (Lipinski definition) is 2. The van der Waals surface area contributed by atoms with Crippen LogP contribution < -0.4 is 5.73 Å². The highest BCUT2D eigenvalue weighted by molar-refractivity contribution is 5.91. The highest BCUT2D eigenvalue weighted by atomic mass is 19.1. The van der Waals surface area contributed by atoms with E-state index in [0.717, 1.165) is 11.1 Å². The molecular weight excluding hydrogens is 203 g/mol. The van der Waals surface area contributed by atoms with Gasteiger partial charge in [-0.25, -0.2) is 4.39 Å². The van der Waals surface area contributed by atoms with Gasteiger partial charge in [-0.15, -0.1) is 0 Å². The molecular formula is C13H13FN2. The summed E-state index contributed by atoms with van der Waals surface area (Å²) in [5, 5.41) is 0.850. The summed E-state index contributed by atoms with van der Waals surface area (Å²) in [7, 11) is 0. The van der Waals surface area contributed by atoms with Crippen LogP contribution in [-0.2, 0) is 0 Å². The molecule has 2 aromatic rings. The molecule has 0 atom stereocenters. The Morgan fingerprint density at radius 2 is 2.06 bits per heavy atom. The Kier molecular flexibility index (Phi) is 1.90. The second-order valence-corrected chi connectivity index (χ2v) is 4.53. The van der Waals surface area contributed by atoms with E-state index in [1.54, 1.807) is 13.0 Å². The lowest BCUT2D eigenvalue weighted by Gasteiger charge is -2.07. The Morgan fingerprint density at radius 1 is 1.31 bits per heavy atom. The second-order valence-electron chi connectivity index (χ2n) is 4.53. The van der Waals surface area contributed by atoms with Gasteiger partial charge in [0.2, 0.25) is 0 Å². The summed E-state index contributed by atoms with van der Waals surface area (Å²) in [6.45, 7) is 1.74. The number of nitrogens with zero attached hydrogens (tertiary/aromatic N) is 1. The molecule has 1 aliphatic rings. The largest absolute Gasteiger partial charge is 0.398 e. The molecule has 2 N–H and O–H groups in total. The summed E-state index contributed by atoms with van der Waals surface area (Å²) in [6, 6.07) is 5.17. The number of nitrogens with two attached hydrogens (primary N) is 1. The normalized spacial score (nSPS) is 15.6. The molecule has 82 valence electrons. The van der Waals surface area contributed by atoms with Crippen LogP contribution in [0.4, 0.5) is 10.1 Å². The third-order valence-corrected chi connectivity index (χ3v) is 3.14. The molecule has 1 heterocycles. The third kappa shape index (κ3) is 1.43. The molecule has 0 saturated heterocycles. The molecule has 0 unspecified atom stereocenters. The van der Waals surface area contributed by atoms with Gasteiger partial charge in [-0.3, -0.25) is 4.98 Å². The second kappa shape index (κ2) is 3.17. The summed E-state index contributed by atoms with van der Waals surface area (Å²) >= 11 is 0. The van der Waals surface area contributed by atoms with Crippen molar-refractivity contribution in [1.29, 1.82) is 0 Å². The van der Waals surface area contributed by atoms with Crippen LogP contribution in [0.2, 0.25) is 0 Å². The molecule has 16 heavy (non-hydrogen) atoms. The molecule has 3 rings (SSSR count). The van der Waals surface area contributed by atoms with Gasteiger partial charge in [-0.2, -0.15) is 0 Å². The first-order valence-electron chi connectivity index (χ1n) is 5.51. The first-order chi connectivity index (χ1) is 7.65. The molecule has 0 spiro atoms. The van der Waals surface area contributed by atoms with E-state index >= 15 is 0 Å². The fourth-order valence-corrected chi connectivity index (χ4v) is 1.99. The van der Waals surface area contributed by atoms with Gasteiger partial charge >= 0.3 is 0 Å². The highest BCUT2D eigenvalue weighted by Crippen LogP contribution is 2.40. The summed E-state index contributed by atoms with van der Waals surface area (Å²) < 4.78 is 13.4. The average Bonchev–Trinajstić information content (AvgIpc) is 3.04. The molecule has 1 aliphatic carbocycles. The fraction of sp³-hybridized carbons (Fsp3) is 0.308. The Bertz CT molecular complexity index is 574. The number of rotatable bonds is 1. The van der Waals surface area contributed by atoms with Crippen molar-refractivity contribution in [2.24, 2.45) is 0 Å². The lowest BCUT2D eigenvalue weighted by molar-refractivity contribution is 0.620. The average molecular weight is 216 g/mol. The highest BCUT2D eigenvalue weighted by Gasteiger charge is 2.25. The maximum absolute atomic E-state index is 13.4. The quantitative estimate of drug-likeness (QED) is 0.795. The van der Waals surface area contributed by atoms with Crippen LogP contribution in [0.1, 0.15) is 30.0 Å². The first-order valence-corrected chi connectivity index (χ1v) is 5.51. The van der Waals surface area contributed by atoms with Crippen LogP contribution >= 0.6 is 0 Å². The zero-order valence-electron chi connectivity index (χ0n) is 9.13. The molecule has 1 fully saturated rings. The van der Waals surface area contributed by atoms with E-state index in [0.29, 0.717) is 22.7 Å². The predicted molar refractivity (Wildman–Crippen MR) is 62.8 cm³/mol. The van der Waals surface area contributed by atoms with Crippen LogP contribution in [0, 0.1) is 12.7 Å². The lowest BCUT2D eigenvalue weighted by Crippen LogP contribution is -1.96. The predicted octanol–water partition coefficient (Wildman–Crippen LogP) is 3.14. The SMILES string of the molecule is Cc1cc2c(N)cc(C3CC3)nc2cc1F. The number of nitrogen functional groups attached to an aromatic ring is 1. The molecule has 0 aliphatic heterocycles. The van der Waals surface area contributed by atoms with Crippen LogP contribution in [0.25, 0.3) is 10.9 Å². The Morgan fingerprint density at radius 3 is 2.75 bits per heavy atom. The van der Waals surface area contributed by atoms with Crippen LogP contribution in [0.5, 0.6) is 0 Å². The van der Waals surface area contributed by atoms with E-state index in [-0.39, 0.29) is 5.82 Å². The van der Waals surface area contributed by atoms with Crippen LogP contribution in [0.15, 0.2) is 18.2 Å². The van der Waals surface area contributed by atoms with Crippen molar-refractivity contribution in [3.05, 3.63) is 35.3 Å². The van der Waals surface area contributed by atoms with Crippen LogP contribution in [0.3, 0.4) is 0 Å². The summed E-state index contributed by atoms with van der Waals surface area (Å²) in [6.07, 6.45) is 2.35. The Balaban J connectivity index is 2.28. The van der Waals surface area contributed by atoms with Crippen molar-refractivity contribution >= 4 is 16.6 Å². The number of pyridine rings is 1. The van der Waals surface area contributed by atoms with Gasteiger partial charge < -0.3 is 5.73 Å². The molecule has 0 bridgehead atoms. The minimum absolute atomic E-state index is 0.215. The molecule has 1 saturated carbocycles. The van der Waals surface area contributed by atoms with Gasteiger partial charge in [0, 0.05) is 28.8 Å². The van der Waals surface area contributed by atoms with E-state index in [4.69, 9.17) is 5.73 Å². The summed E-state index contributed by atoms with van der Waals surface area (Å²) in [5.41, 5.74) is 8.97. The van der Waals surface area contributed by atoms with E-state index in [1.165, 1.54) is 18.9 Å². The van der Waals surface area contributed by atoms with Crippen molar-refractivity contribution in [2.45, 2.75) is 25.7 Å². The molecule has 1 aromatic heterocycles. The smallest absolute Gasteiger partial charge is 0.128 e. The number of anilines is 1. The zero-order chi connectivity index (χ0) is 11.3. The number of fused-ring (bicyclic) bond motifs is 1. The standard InChI is InChI=1S/C13H13FN2/c1-7-4-9-11(15)6-12(8-2-3-8)16-13(9)5-10(7)14/h4-6,8H,2-3H2,1H3,(H2,15,16). The minimum atomic E-state index is -0.215.